The average molecular weight is 930 g/mol. The van der Waals surface area contributed by atoms with Crippen LogP contribution in [0.1, 0.15) is 96.8 Å². The molecule has 0 saturated carbocycles. The molecular weight excluding hydrogens is 838 g/mol. The Labute approximate surface area is 385 Å². The zero-order valence-corrected chi connectivity index (χ0v) is 39.9. The third-order valence-electron chi connectivity index (χ3n) is 9.13. The highest BCUT2D eigenvalue weighted by Crippen LogP contribution is 2.13. The summed E-state index contributed by atoms with van der Waals surface area (Å²) in [6, 6.07) is 0. The molecule has 64 heavy (non-hydrogen) atoms. The summed E-state index contributed by atoms with van der Waals surface area (Å²) >= 11 is 0. The lowest BCUT2D eigenvalue weighted by Crippen LogP contribution is -2.31. The summed E-state index contributed by atoms with van der Waals surface area (Å²) in [4.78, 5) is 21.7. The van der Waals surface area contributed by atoms with Gasteiger partial charge in [0.2, 0.25) is 5.91 Å². The molecule has 0 aromatic heterocycles. The van der Waals surface area contributed by atoms with Crippen LogP contribution in [0.25, 0.3) is 0 Å². The van der Waals surface area contributed by atoms with Crippen molar-refractivity contribution in [3.63, 3.8) is 0 Å². The average Bonchev–Trinajstić information content (AvgIpc) is 3.29. The molecule has 382 valence electrons. The van der Waals surface area contributed by atoms with E-state index in [0.717, 1.165) is 13.0 Å². The van der Waals surface area contributed by atoms with Crippen LogP contribution < -0.4 is 5.32 Å². The summed E-state index contributed by atoms with van der Waals surface area (Å²) in [5.74, 6) is -1.52. The molecule has 0 spiro atoms. The van der Waals surface area contributed by atoms with Crippen molar-refractivity contribution in [3.05, 3.63) is 0 Å². The first-order valence-corrected chi connectivity index (χ1v) is 24.2. The molecule has 0 fully saturated rings. The number of carbonyl (C=O) groups is 2. The SMILES string of the molecule is CCCCCCCCCCCCCCCCOCCOCCOCCOCCOCCOCCOCCOCCOCCOCCOCCOCCOCCNC(=O)COCC(=O)O. The van der Waals surface area contributed by atoms with Gasteiger partial charge < -0.3 is 76.7 Å². The van der Waals surface area contributed by atoms with Crippen LogP contribution in [0.4, 0.5) is 0 Å². The highest BCUT2D eigenvalue weighted by Gasteiger charge is 2.03. The van der Waals surface area contributed by atoms with Crippen LogP contribution in [0.5, 0.6) is 0 Å². The molecule has 0 aromatic rings. The van der Waals surface area contributed by atoms with Gasteiger partial charge in [-0.25, -0.2) is 4.79 Å². The van der Waals surface area contributed by atoms with E-state index < -0.39 is 18.5 Å². The highest BCUT2D eigenvalue weighted by atomic mass is 16.6. The second-order valence-electron chi connectivity index (χ2n) is 14.8. The number of carbonyl (C=O) groups excluding carboxylic acids is 1. The van der Waals surface area contributed by atoms with Gasteiger partial charge in [-0.1, -0.05) is 90.4 Å². The van der Waals surface area contributed by atoms with E-state index in [0.29, 0.717) is 172 Å². The van der Waals surface area contributed by atoms with Crippen LogP contribution in [0, 0.1) is 0 Å². The van der Waals surface area contributed by atoms with Gasteiger partial charge in [0.25, 0.3) is 0 Å². The van der Waals surface area contributed by atoms with Crippen molar-refractivity contribution in [3.8, 4) is 0 Å². The molecule has 0 heterocycles. The molecule has 0 radical (unpaired) electrons. The minimum Gasteiger partial charge on any atom is -0.480 e. The smallest absolute Gasteiger partial charge is 0.329 e. The molecule has 18 nitrogen and oxygen atoms in total. The lowest BCUT2D eigenvalue weighted by Gasteiger charge is -2.09. The molecule has 0 aliphatic heterocycles. The van der Waals surface area contributed by atoms with E-state index in [9.17, 15) is 9.59 Å². The van der Waals surface area contributed by atoms with Gasteiger partial charge in [0.15, 0.2) is 0 Å². The molecule has 0 aliphatic carbocycles. The molecule has 18 heteroatoms. The number of unbranched alkanes of at least 4 members (excludes halogenated alkanes) is 13. The van der Waals surface area contributed by atoms with Crippen LogP contribution in [0.2, 0.25) is 0 Å². The maximum absolute atomic E-state index is 11.4. The first-order chi connectivity index (χ1) is 31.7. The van der Waals surface area contributed by atoms with Crippen LogP contribution in [-0.4, -0.2) is 209 Å². The van der Waals surface area contributed by atoms with Crippen molar-refractivity contribution < 1.29 is 81.0 Å². The largest absolute Gasteiger partial charge is 0.480 e. The maximum Gasteiger partial charge on any atom is 0.329 e. The van der Waals surface area contributed by atoms with Crippen molar-refractivity contribution in [2.45, 2.75) is 96.8 Å². The minimum absolute atomic E-state index is 0.299. The number of nitrogens with one attached hydrogen (secondary N) is 1. The predicted octanol–water partition coefficient (Wildman–Crippen LogP) is 4.90. The van der Waals surface area contributed by atoms with E-state index in [1.54, 1.807) is 0 Å². The number of hydrogen-bond donors (Lipinski definition) is 2. The zero-order chi connectivity index (χ0) is 46.2. The van der Waals surface area contributed by atoms with Crippen LogP contribution in [0.15, 0.2) is 0 Å². The molecule has 0 aromatic carbocycles. The molecule has 1 amide bonds. The molecule has 0 saturated heterocycles. The number of ether oxygens (including phenoxy) is 14. The highest BCUT2D eigenvalue weighted by molar-refractivity contribution is 5.77. The number of amides is 1. The van der Waals surface area contributed by atoms with Crippen molar-refractivity contribution in [1.82, 2.24) is 5.32 Å². The van der Waals surface area contributed by atoms with Gasteiger partial charge in [-0.2, -0.15) is 0 Å². The van der Waals surface area contributed by atoms with E-state index in [4.69, 9.17) is 66.7 Å². The Morgan fingerprint density at radius 3 is 0.797 bits per heavy atom. The quantitative estimate of drug-likeness (QED) is 0.0781. The van der Waals surface area contributed by atoms with Gasteiger partial charge in [-0.05, 0) is 6.42 Å². The van der Waals surface area contributed by atoms with Crippen LogP contribution in [-0.2, 0) is 75.9 Å². The van der Waals surface area contributed by atoms with E-state index in [1.165, 1.54) is 83.5 Å². The first kappa shape index (κ1) is 62.4. The molecule has 0 rings (SSSR count). The fourth-order valence-corrected chi connectivity index (χ4v) is 5.68. The van der Waals surface area contributed by atoms with E-state index in [2.05, 4.69) is 17.0 Å². The Hall–Kier alpha value is -1.62. The summed E-state index contributed by atoms with van der Waals surface area (Å²) in [6.07, 6.45) is 19.2. The van der Waals surface area contributed by atoms with Gasteiger partial charge in [-0.15, -0.1) is 0 Å². The number of aliphatic carboxylic acids is 1. The Balaban J connectivity index is 3.09. The third kappa shape index (κ3) is 58.4. The second-order valence-corrected chi connectivity index (χ2v) is 14.8. The molecule has 2 N–H and O–H groups in total. The van der Waals surface area contributed by atoms with Gasteiger partial charge in [0, 0.05) is 13.2 Å². The van der Waals surface area contributed by atoms with E-state index >= 15 is 0 Å². The number of hydrogen-bond acceptors (Lipinski definition) is 16. The topological polar surface area (TPSA) is 196 Å². The van der Waals surface area contributed by atoms with Crippen LogP contribution in [0.3, 0.4) is 0 Å². The summed E-state index contributed by atoms with van der Waals surface area (Å²) in [5.41, 5.74) is 0. The van der Waals surface area contributed by atoms with Crippen molar-refractivity contribution in [2.24, 2.45) is 0 Å². The Morgan fingerprint density at radius 1 is 0.297 bits per heavy atom. The predicted molar refractivity (Wildman–Crippen MR) is 242 cm³/mol. The summed E-state index contributed by atoms with van der Waals surface area (Å²) in [6.45, 7) is 14.8. The third-order valence-corrected chi connectivity index (χ3v) is 9.13. The fraction of sp³-hybridized carbons (Fsp3) is 0.957. The molecule has 0 bridgehead atoms. The summed E-state index contributed by atoms with van der Waals surface area (Å²) in [5, 5.41) is 11.0. The van der Waals surface area contributed by atoms with Gasteiger partial charge >= 0.3 is 5.97 Å². The second kappa shape index (κ2) is 57.5. The summed E-state index contributed by atoms with van der Waals surface area (Å²) < 4.78 is 76.2. The molecule has 0 aliphatic rings. The van der Waals surface area contributed by atoms with Crippen molar-refractivity contribution in [1.29, 1.82) is 0 Å². The monoisotopic (exact) mass is 930 g/mol. The number of rotatable bonds is 58. The molecule has 0 unspecified atom stereocenters. The maximum atomic E-state index is 11.4. The van der Waals surface area contributed by atoms with E-state index in [-0.39, 0.29) is 6.61 Å². The minimum atomic E-state index is -1.12. The van der Waals surface area contributed by atoms with Crippen molar-refractivity contribution in [2.75, 3.05) is 192 Å². The number of carboxylic acids is 1. The normalized spacial score (nSPS) is 11.5. The first-order valence-electron chi connectivity index (χ1n) is 24.2. The van der Waals surface area contributed by atoms with E-state index in [1.807, 2.05) is 0 Å². The lowest BCUT2D eigenvalue weighted by molar-refractivity contribution is -0.143. The molecular formula is C46H91NO17. The fourth-order valence-electron chi connectivity index (χ4n) is 5.68. The zero-order valence-electron chi connectivity index (χ0n) is 39.9. The van der Waals surface area contributed by atoms with Gasteiger partial charge in [0.05, 0.1) is 165 Å². The summed E-state index contributed by atoms with van der Waals surface area (Å²) in [7, 11) is 0. The number of carboxylic acid groups (broad SMARTS) is 1. The Kier molecular flexibility index (Phi) is 56.1. The Bertz CT molecular complexity index is 911. The molecule has 0 atom stereocenters. The van der Waals surface area contributed by atoms with Crippen molar-refractivity contribution >= 4 is 11.9 Å². The van der Waals surface area contributed by atoms with Crippen LogP contribution >= 0.6 is 0 Å². The standard InChI is InChI=1S/C46H91NO17/c1-2-3-4-5-6-7-8-9-10-11-12-13-14-15-17-51-19-21-53-23-25-55-27-29-57-31-33-59-35-37-61-39-41-63-42-40-62-38-36-60-34-32-58-30-28-56-26-24-54-22-20-52-18-16-47-45(48)43-64-44-46(49)50/h2-44H2,1H3,(H,47,48)(H,49,50). The van der Waals surface area contributed by atoms with Gasteiger partial charge in [-0.3, -0.25) is 4.79 Å². The Morgan fingerprint density at radius 2 is 0.531 bits per heavy atom. The van der Waals surface area contributed by atoms with Gasteiger partial charge in [0.1, 0.15) is 13.2 Å². The lowest BCUT2D eigenvalue weighted by atomic mass is 10.0.